The van der Waals surface area contributed by atoms with Gasteiger partial charge in [0.25, 0.3) is 5.91 Å². The number of hydrogen-bond acceptors (Lipinski definition) is 5. The summed E-state index contributed by atoms with van der Waals surface area (Å²) in [6.45, 7) is 4.17. The van der Waals surface area contributed by atoms with Crippen molar-refractivity contribution in [3.8, 4) is 11.5 Å². The van der Waals surface area contributed by atoms with E-state index in [0.29, 0.717) is 32.3 Å². The van der Waals surface area contributed by atoms with E-state index < -0.39 is 0 Å². The van der Waals surface area contributed by atoms with Gasteiger partial charge in [0.1, 0.15) is 0 Å². The van der Waals surface area contributed by atoms with Crippen molar-refractivity contribution in [1.29, 1.82) is 0 Å². The lowest BCUT2D eigenvalue weighted by Crippen LogP contribution is -2.29. The molecule has 2 aromatic carbocycles. The van der Waals surface area contributed by atoms with Gasteiger partial charge in [0.15, 0.2) is 16.7 Å². The molecule has 0 radical (unpaired) electrons. The third kappa shape index (κ3) is 3.55. The number of anilines is 1. The zero-order valence-electron chi connectivity index (χ0n) is 14.8. The lowest BCUT2D eigenvalue weighted by Gasteiger charge is -2.17. The van der Waals surface area contributed by atoms with Crippen molar-refractivity contribution >= 4 is 46.2 Å². The van der Waals surface area contributed by atoms with E-state index in [1.807, 2.05) is 56.3 Å². The molecule has 2 aliphatic rings. The van der Waals surface area contributed by atoms with Crippen LogP contribution >= 0.6 is 23.4 Å². The topological polar surface area (TPSA) is 51.1 Å². The minimum Gasteiger partial charge on any atom is -0.454 e. The average Bonchev–Trinajstić information content (AvgIpc) is 3.20. The van der Waals surface area contributed by atoms with Gasteiger partial charge in [0.05, 0.1) is 15.6 Å². The van der Waals surface area contributed by atoms with Gasteiger partial charge in [0.2, 0.25) is 6.79 Å². The second-order valence-electron chi connectivity index (χ2n) is 6.32. The van der Waals surface area contributed by atoms with E-state index in [1.54, 1.807) is 11.0 Å². The molecular formula is C20H17ClN2O3S. The summed E-state index contributed by atoms with van der Waals surface area (Å²) in [7, 11) is 0. The Balaban J connectivity index is 1.73. The van der Waals surface area contributed by atoms with Gasteiger partial charge in [-0.3, -0.25) is 14.7 Å². The Morgan fingerprint density at radius 1 is 1.19 bits per heavy atom. The van der Waals surface area contributed by atoms with E-state index in [0.717, 1.165) is 5.56 Å². The number of carbonyl (C=O) groups is 1. The molecule has 0 aliphatic carbocycles. The number of benzene rings is 2. The van der Waals surface area contributed by atoms with Crippen LogP contribution in [0.5, 0.6) is 11.5 Å². The first-order valence-corrected chi connectivity index (χ1v) is 9.68. The van der Waals surface area contributed by atoms with Gasteiger partial charge in [-0.1, -0.05) is 29.8 Å². The number of amidine groups is 1. The van der Waals surface area contributed by atoms with E-state index in [-0.39, 0.29) is 18.7 Å². The summed E-state index contributed by atoms with van der Waals surface area (Å²) >= 11 is 7.68. The highest BCUT2D eigenvalue weighted by Gasteiger charge is 2.35. The van der Waals surface area contributed by atoms with Crippen molar-refractivity contribution in [3.05, 3.63) is 58.0 Å². The van der Waals surface area contributed by atoms with Gasteiger partial charge in [-0.15, -0.1) is 0 Å². The maximum Gasteiger partial charge on any atom is 0.271 e. The van der Waals surface area contributed by atoms with Gasteiger partial charge >= 0.3 is 0 Å². The Morgan fingerprint density at radius 3 is 2.74 bits per heavy atom. The summed E-state index contributed by atoms with van der Waals surface area (Å²) in [5.41, 5.74) is 1.49. The van der Waals surface area contributed by atoms with Crippen LogP contribution in [0.4, 0.5) is 5.69 Å². The number of carbonyl (C=O) groups excluding carboxylic acids is 1. The summed E-state index contributed by atoms with van der Waals surface area (Å²) in [6, 6.07) is 12.9. The summed E-state index contributed by atoms with van der Waals surface area (Å²) in [6.07, 6.45) is 1.83. The van der Waals surface area contributed by atoms with Crippen LogP contribution in [0.1, 0.15) is 19.4 Å². The number of hydrogen-bond donors (Lipinski definition) is 0. The highest BCUT2D eigenvalue weighted by molar-refractivity contribution is 8.19. The van der Waals surface area contributed by atoms with E-state index in [2.05, 4.69) is 4.99 Å². The van der Waals surface area contributed by atoms with Crippen molar-refractivity contribution in [1.82, 2.24) is 0 Å². The Labute approximate surface area is 166 Å². The number of amides is 1. The highest BCUT2D eigenvalue weighted by Crippen LogP contribution is 2.40. The van der Waals surface area contributed by atoms with Gasteiger partial charge in [-0.05, 0) is 61.5 Å². The predicted octanol–water partition coefficient (Wildman–Crippen LogP) is 4.95. The Kier molecular flexibility index (Phi) is 4.85. The molecule has 0 bridgehead atoms. The first-order chi connectivity index (χ1) is 13.0. The molecule has 0 atom stereocenters. The van der Waals surface area contributed by atoms with Crippen LogP contribution in [-0.4, -0.2) is 23.9 Å². The standard InChI is InChI=1S/C20H17ClN2O3S/c1-12(2)22-20-23(15-6-4-3-5-14(15)21)19(24)18(27-20)10-13-7-8-16-17(9-13)26-11-25-16/h3-10,12H,11H2,1-2H3/b18-10-,22-20-. The molecule has 0 saturated carbocycles. The minimum absolute atomic E-state index is 0.0511. The Morgan fingerprint density at radius 2 is 1.96 bits per heavy atom. The number of fused-ring (bicyclic) bond motifs is 1. The van der Waals surface area contributed by atoms with Crippen molar-refractivity contribution < 1.29 is 14.3 Å². The predicted molar refractivity (Wildman–Crippen MR) is 110 cm³/mol. The molecule has 2 aromatic rings. The molecule has 0 spiro atoms. The van der Waals surface area contributed by atoms with Gasteiger partial charge in [-0.25, -0.2) is 0 Å². The fourth-order valence-corrected chi connectivity index (χ4v) is 4.11. The number of nitrogens with zero attached hydrogens (tertiary/aromatic N) is 2. The van der Waals surface area contributed by atoms with Crippen LogP contribution in [0.25, 0.3) is 6.08 Å². The van der Waals surface area contributed by atoms with Crippen LogP contribution in [0.15, 0.2) is 52.4 Å². The smallest absolute Gasteiger partial charge is 0.271 e. The maximum atomic E-state index is 13.1. The van der Waals surface area contributed by atoms with E-state index >= 15 is 0 Å². The largest absolute Gasteiger partial charge is 0.454 e. The zero-order valence-corrected chi connectivity index (χ0v) is 16.4. The molecule has 7 heteroatoms. The third-order valence-corrected chi connectivity index (χ3v) is 5.27. The van der Waals surface area contributed by atoms with Crippen LogP contribution in [0.2, 0.25) is 5.02 Å². The van der Waals surface area contributed by atoms with Crippen LogP contribution in [0.3, 0.4) is 0 Å². The lowest BCUT2D eigenvalue weighted by molar-refractivity contribution is -0.113. The maximum absolute atomic E-state index is 13.1. The SMILES string of the molecule is CC(C)/N=C1\S/C(=C\c2ccc3c(c2)OCO3)C(=O)N1c1ccccc1Cl. The van der Waals surface area contributed by atoms with Crippen molar-refractivity contribution in [2.45, 2.75) is 19.9 Å². The summed E-state index contributed by atoms with van der Waals surface area (Å²) in [5.74, 6) is 1.24. The number of thioether (sulfide) groups is 1. The first kappa shape index (κ1) is 17.9. The molecule has 27 heavy (non-hydrogen) atoms. The molecule has 1 fully saturated rings. The number of rotatable bonds is 3. The molecule has 2 aliphatic heterocycles. The van der Waals surface area contributed by atoms with E-state index in [1.165, 1.54) is 11.8 Å². The second-order valence-corrected chi connectivity index (χ2v) is 7.74. The quantitative estimate of drug-likeness (QED) is 0.684. The van der Waals surface area contributed by atoms with Gasteiger partial charge in [0, 0.05) is 6.04 Å². The summed E-state index contributed by atoms with van der Waals surface area (Å²) < 4.78 is 10.8. The molecule has 0 N–H and O–H groups in total. The molecule has 1 saturated heterocycles. The van der Waals surface area contributed by atoms with Crippen LogP contribution < -0.4 is 14.4 Å². The third-order valence-electron chi connectivity index (χ3n) is 3.96. The van der Waals surface area contributed by atoms with Crippen LogP contribution in [0, 0.1) is 0 Å². The van der Waals surface area contributed by atoms with Gasteiger partial charge < -0.3 is 9.47 Å². The molecule has 138 valence electrons. The van der Waals surface area contributed by atoms with Gasteiger partial charge in [-0.2, -0.15) is 0 Å². The van der Waals surface area contributed by atoms with Crippen LogP contribution in [-0.2, 0) is 4.79 Å². The van der Waals surface area contributed by atoms with Crippen molar-refractivity contribution in [3.63, 3.8) is 0 Å². The normalized spacial score (nSPS) is 19.0. The fourth-order valence-electron chi connectivity index (χ4n) is 2.78. The summed E-state index contributed by atoms with van der Waals surface area (Å²) in [4.78, 5) is 19.9. The number of aliphatic imine (C=N–C) groups is 1. The second kappa shape index (κ2) is 7.29. The van der Waals surface area contributed by atoms with Crippen molar-refractivity contribution in [2.24, 2.45) is 4.99 Å². The average molecular weight is 401 g/mol. The van der Waals surface area contributed by atoms with E-state index in [4.69, 9.17) is 21.1 Å². The van der Waals surface area contributed by atoms with Crippen molar-refractivity contribution in [2.75, 3.05) is 11.7 Å². The Hall–Kier alpha value is -2.44. The summed E-state index contributed by atoms with van der Waals surface area (Å²) in [5, 5.41) is 1.13. The fraction of sp³-hybridized carbons (Fsp3) is 0.200. The number of ether oxygens (including phenoxy) is 2. The minimum atomic E-state index is -0.148. The number of para-hydroxylation sites is 1. The molecule has 1 amide bonds. The lowest BCUT2D eigenvalue weighted by atomic mass is 10.2. The zero-order chi connectivity index (χ0) is 19.0. The molecule has 2 heterocycles. The molecule has 0 unspecified atom stereocenters. The van der Waals surface area contributed by atoms with E-state index in [9.17, 15) is 4.79 Å². The molecular weight excluding hydrogens is 384 g/mol. The monoisotopic (exact) mass is 400 g/mol. The number of halogens is 1. The molecule has 0 aromatic heterocycles. The molecule has 4 rings (SSSR count). The highest BCUT2D eigenvalue weighted by atomic mass is 35.5. The first-order valence-electron chi connectivity index (χ1n) is 8.49. The Bertz CT molecular complexity index is 971. The molecule has 5 nitrogen and oxygen atoms in total.